The standard InChI is InChI=1S/C25H23N5O3.C20H18BrN5O3.2C18H15P.C5H6.CH4.2ClH.Pd/c1-30-20-13-18(10-9-16-7-8-16)11-12-21(20)33-15-19(25(30)32)26-24(31)23-27-22(28-29-23)14-17-5-3-2-4-6-17;1-26-15-10-13(21)7-8-16(15)29-11-14(20(26)28)22-19(27)18-23-17(24-25-18)9-12-5-3-2-4-6-12;2*1-4-10-16(11-5-1)19(17-12-6-2-7-13-17)18-14-8-3-9-15-18;1-2-5-3-4-5;;;;/h2-6,11-13,16,19H,7-8,14-15H2,1H3,(H,26,31)(H,27,28,29);2-8,10,14H,9,11H2,1H3,(H,22,27)(H,23,24,25);2*1-15H;1,5H,3-4H2;1H4;2*1H;/q;;;;;;;;+2/p-2/t19-;14-;;;;;;;/m00......./s1. The monoisotopic (exact) mass is 1680 g/mol. The molecule has 12 aromatic rings. The second-order valence-corrected chi connectivity index (χ2v) is 32.7. The number of H-pyrrole nitrogens is 2. The predicted molar refractivity (Wildman–Crippen MR) is 442 cm³/mol. The molecule has 109 heavy (non-hydrogen) atoms. The summed E-state index contributed by atoms with van der Waals surface area (Å²) in [6.45, 7) is 0.0289. The van der Waals surface area contributed by atoms with Gasteiger partial charge in [-0.3, -0.25) is 29.4 Å². The number of carbonyl (C=O) groups excluding carboxylic acids is 4. The summed E-state index contributed by atoms with van der Waals surface area (Å²) in [6, 6.07) is 93.4. The first-order chi connectivity index (χ1) is 52.8. The Morgan fingerprint density at radius 3 is 1.15 bits per heavy atom. The number of benzene rings is 10. The van der Waals surface area contributed by atoms with Crippen molar-refractivity contribution in [2.24, 2.45) is 11.8 Å². The van der Waals surface area contributed by atoms with Crippen LogP contribution in [0.1, 0.15) is 82.7 Å². The molecule has 0 bridgehead atoms. The Labute approximate surface area is 664 Å². The molecule has 4 aliphatic rings. The molecule has 2 saturated carbocycles. The first-order valence-electron chi connectivity index (χ1n) is 34.8. The average molecular weight is 1680 g/mol. The van der Waals surface area contributed by atoms with Gasteiger partial charge in [-0.15, -0.1) is 22.5 Å². The van der Waals surface area contributed by atoms with Gasteiger partial charge in [0.15, 0.2) is 0 Å². The molecule has 556 valence electrons. The van der Waals surface area contributed by atoms with Crippen LogP contribution < -0.4 is 61.7 Å². The van der Waals surface area contributed by atoms with Gasteiger partial charge >= 0.3 is 35.0 Å². The normalized spacial score (nSPS) is 14.4. The van der Waals surface area contributed by atoms with Gasteiger partial charge in [-0.1, -0.05) is 278 Å². The van der Waals surface area contributed by atoms with E-state index in [1.54, 1.807) is 26.2 Å². The summed E-state index contributed by atoms with van der Waals surface area (Å²) < 4.78 is 12.4. The van der Waals surface area contributed by atoms with Gasteiger partial charge in [0.1, 0.15) is 48.4 Å². The Hall–Kier alpha value is -10.3. The third kappa shape index (κ3) is 24.1. The maximum Gasteiger partial charge on any atom is -0.0134 e. The summed E-state index contributed by atoms with van der Waals surface area (Å²) in [6.07, 6.45) is 10.9. The minimum Gasteiger partial charge on any atom is -0.0622 e. The molecule has 4 amide bonds. The number of carbonyl (C=O) groups is 4. The Balaban J connectivity index is 0.000000152. The molecule has 0 radical (unpaired) electrons. The Morgan fingerprint density at radius 2 is 0.826 bits per heavy atom. The van der Waals surface area contributed by atoms with Crippen LogP contribution in [0, 0.1) is 36.0 Å². The number of hydrogen-bond acceptors (Lipinski definition) is 10. The van der Waals surface area contributed by atoms with Crippen molar-refractivity contribution in [1.29, 1.82) is 0 Å². The van der Waals surface area contributed by atoms with Gasteiger partial charge in [-0.2, -0.15) is 0 Å². The number of ether oxygens (including phenoxy) is 2. The second-order valence-electron chi connectivity index (χ2n) is 25.0. The van der Waals surface area contributed by atoms with Gasteiger partial charge in [0.05, 0.1) is 11.4 Å². The van der Waals surface area contributed by atoms with E-state index in [-0.39, 0.29) is 60.0 Å². The number of hydrogen-bond donors (Lipinski definition) is 4. The van der Waals surface area contributed by atoms with Gasteiger partial charge in [0, 0.05) is 48.8 Å². The minimum atomic E-state index is -0.869. The first-order valence-corrected chi connectivity index (χ1v) is 42.3. The number of halogens is 3. The number of aromatic amines is 2. The van der Waals surface area contributed by atoms with Crippen molar-refractivity contribution < 1.29 is 44.6 Å². The Morgan fingerprint density at radius 1 is 0.505 bits per heavy atom. The molecule has 10 aromatic carbocycles. The molecule has 2 atom stereocenters. The number of nitrogens with zero attached hydrogens (tertiary/aromatic N) is 6. The molecular weight excluding hydrogens is 1600 g/mol. The van der Waals surface area contributed by atoms with Crippen molar-refractivity contribution in [3.63, 3.8) is 0 Å². The van der Waals surface area contributed by atoms with Crippen molar-refractivity contribution in [3.8, 4) is 35.7 Å². The van der Waals surface area contributed by atoms with Crippen molar-refractivity contribution in [2.75, 3.05) is 37.1 Å². The molecule has 16 nitrogen and oxygen atoms in total. The quantitative estimate of drug-likeness (QED) is 0.0461. The number of likely N-dealkylation sites (N-methyl/N-ethyl adjacent to an activating group) is 2. The van der Waals surface area contributed by atoms with E-state index in [9.17, 15) is 19.2 Å². The molecule has 2 fully saturated rings. The van der Waals surface area contributed by atoms with Gasteiger partial charge in [0.25, 0.3) is 23.6 Å². The fourth-order valence-electron chi connectivity index (χ4n) is 11.3. The van der Waals surface area contributed by atoms with Gasteiger partial charge in [-0.05, 0) is 121 Å². The van der Waals surface area contributed by atoms with Crippen LogP contribution in [-0.4, -0.2) is 93.4 Å². The van der Waals surface area contributed by atoms with E-state index in [4.69, 9.17) is 35.0 Å². The van der Waals surface area contributed by atoms with E-state index in [0.717, 1.165) is 34.0 Å². The van der Waals surface area contributed by atoms with Crippen LogP contribution >= 0.6 is 50.8 Å². The predicted octanol–water partition coefficient (Wildman–Crippen LogP) is 14.6. The van der Waals surface area contributed by atoms with Gasteiger partial charge < -0.3 is 29.9 Å². The van der Waals surface area contributed by atoms with E-state index < -0.39 is 39.7 Å². The molecular formula is C87H81BrCl2N10O6P2Pd. The van der Waals surface area contributed by atoms with E-state index in [1.807, 2.05) is 84.9 Å². The molecule has 0 saturated heterocycles. The Kier molecular flexibility index (Phi) is 31.2. The van der Waals surface area contributed by atoms with Crippen molar-refractivity contribution in [3.05, 3.63) is 324 Å². The molecule has 0 unspecified atom stereocenters. The third-order valence-corrected chi connectivity index (χ3v) is 22.5. The van der Waals surface area contributed by atoms with Crippen LogP contribution in [0.15, 0.2) is 284 Å². The van der Waals surface area contributed by atoms with Crippen LogP contribution in [0.2, 0.25) is 0 Å². The van der Waals surface area contributed by atoms with E-state index in [1.165, 1.54) is 54.5 Å². The summed E-state index contributed by atoms with van der Waals surface area (Å²) in [5.74, 6) is 10.8. The molecule has 2 aliphatic carbocycles. The maximum atomic E-state index is 13.1. The number of aromatic nitrogens is 6. The molecule has 0 spiro atoms. The van der Waals surface area contributed by atoms with Gasteiger partial charge in [0.2, 0.25) is 11.6 Å². The number of rotatable bonds is 14. The topological polar surface area (TPSA) is 200 Å². The van der Waals surface area contributed by atoms with E-state index >= 15 is 0 Å². The minimum absolute atomic E-state index is 0. The first kappa shape index (κ1) is 81.2. The van der Waals surface area contributed by atoms with E-state index in [2.05, 4.69) is 257 Å². The summed E-state index contributed by atoms with van der Waals surface area (Å²) in [5.41, 5.74) is 4.19. The fourth-order valence-corrected chi connectivity index (χ4v) is 16.2. The zero-order valence-electron chi connectivity index (χ0n) is 59.1. The summed E-state index contributed by atoms with van der Waals surface area (Å²) in [5, 5.41) is 27.3. The average Bonchev–Trinajstić information content (AvgIpc) is 1.76. The molecule has 4 N–H and O–H groups in total. The number of fused-ring (bicyclic) bond motifs is 2. The summed E-state index contributed by atoms with van der Waals surface area (Å²) >= 11 is 3.29. The second kappa shape index (κ2) is 41.9. The maximum absolute atomic E-state index is 13.1. The summed E-state index contributed by atoms with van der Waals surface area (Å²) in [7, 11) is 12.0. The number of terminal acetylenes is 1. The van der Waals surface area contributed by atoms with Crippen molar-refractivity contribution in [2.45, 2.75) is 58.0 Å². The molecule has 4 heterocycles. The number of amides is 4. The van der Waals surface area contributed by atoms with Crippen LogP contribution in [0.3, 0.4) is 0 Å². The largest absolute Gasteiger partial charge is 0.0622 e. The molecule has 16 rings (SSSR count). The smallest absolute Gasteiger partial charge is 0.0134 e. The zero-order chi connectivity index (χ0) is 75.4. The van der Waals surface area contributed by atoms with Crippen molar-refractivity contribution in [1.82, 2.24) is 41.0 Å². The van der Waals surface area contributed by atoms with Crippen LogP contribution in [0.4, 0.5) is 11.4 Å². The number of nitrogens with one attached hydrogen (secondary N) is 4. The number of anilines is 2. The van der Waals surface area contributed by atoms with Crippen molar-refractivity contribution >= 4 is 118 Å². The third-order valence-electron chi connectivity index (χ3n) is 17.1. The fraction of sp³-hybridized carbons (Fsp3) is 0.172. The SMILES string of the molecule is C.C#CC1CC1.CN1C(=O)[C@@H](NC(=O)c2n[nH]c(Cc3ccccc3)n2)COc2ccc(Br)cc21.CN1C(=O)[C@@H](NC(=O)c2n[nH]c(Cc3ccccc3)n2)COc2ccc(C#CC3CC3)cc21.[Cl][Pd][Cl].c1ccc(P(c2ccccc2)c2ccccc2)cc1.c1ccc(P(c2ccccc2)c2ccccc2)cc1. The van der Waals surface area contributed by atoms with Gasteiger partial charge in [-0.25, -0.2) is 9.97 Å². The molecule has 22 heteroatoms. The Bertz CT molecular complexity index is 4680. The molecule has 2 aromatic heterocycles. The van der Waals surface area contributed by atoms with Crippen LogP contribution in [-0.2, 0) is 38.4 Å². The van der Waals surface area contributed by atoms with Crippen LogP contribution in [0.25, 0.3) is 0 Å². The van der Waals surface area contributed by atoms with E-state index in [0.29, 0.717) is 59.2 Å². The zero-order valence-corrected chi connectivity index (χ0v) is 65.5. The van der Waals surface area contributed by atoms with Crippen LogP contribution in [0.5, 0.6) is 11.5 Å². The summed E-state index contributed by atoms with van der Waals surface area (Å²) in [4.78, 5) is 62.6. The molecule has 2 aliphatic heterocycles.